The number of fused-ring (bicyclic) bond motifs is 1. The number of aromatic amines is 1. The van der Waals surface area contributed by atoms with Gasteiger partial charge in [0.1, 0.15) is 11.3 Å². The van der Waals surface area contributed by atoms with E-state index in [4.69, 9.17) is 0 Å². The van der Waals surface area contributed by atoms with Crippen LogP contribution in [-0.2, 0) is 7.05 Å². The maximum atomic E-state index is 12.8. The molecule has 27 heavy (non-hydrogen) atoms. The van der Waals surface area contributed by atoms with Gasteiger partial charge in [-0.3, -0.25) is 14.3 Å². The molecule has 1 aliphatic heterocycles. The molecule has 3 heterocycles. The highest BCUT2D eigenvalue weighted by Gasteiger charge is 2.23. The van der Waals surface area contributed by atoms with Crippen molar-refractivity contribution in [2.45, 2.75) is 0 Å². The molecule has 2 N–H and O–H groups in total. The lowest BCUT2D eigenvalue weighted by atomic mass is 10.1. The number of rotatable bonds is 2. The summed E-state index contributed by atoms with van der Waals surface area (Å²) in [5.41, 5.74) is 1.46. The van der Waals surface area contributed by atoms with Crippen LogP contribution in [0.3, 0.4) is 0 Å². The van der Waals surface area contributed by atoms with E-state index in [-0.39, 0.29) is 28.1 Å². The maximum Gasteiger partial charge on any atom is 0.274 e. The van der Waals surface area contributed by atoms with Gasteiger partial charge in [-0.15, -0.1) is 0 Å². The van der Waals surface area contributed by atoms with E-state index in [0.29, 0.717) is 30.0 Å². The second kappa shape index (κ2) is 6.51. The first-order valence-electron chi connectivity index (χ1n) is 8.66. The summed E-state index contributed by atoms with van der Waals surface area (Å²) >= 11 is 0. The largest absolute Gasteiger partial charge is 0.506 e. The van der Waals surface area contributed by atoms with Crippen molar-refractivity contribution < 1.29 is 9.90 Å². The highest BCUT2D eigenvalue weighted by Crippen LogP contribution is 2.29. The van der Waals surface area contributed by atoms with Gasteiger partial charge in [-0.25, -0.2) is 4.98 Å². The quantitative estimate of drug-likeness (QED) is 0.679. The number of piperazine rings is 1. The van der Waals surface area contributed by atoms with E-state index in [2.05, 4.69) is 20.0 Å². The molecule has 0 radical (unpaired) electrons. The molecule has 3 aromatic rings. The first-order valence-corrected chi connectivity index (χ1v) is 8.66. The molecule has 4 rings (SSSR count). The summed E-state index contributed by atoms with van der Waals surface area (Å²) in [6.07, 6.45) is 1.25. The zero-order valence-electron chi connectivity index (χ0n) is 15.1. The normalized spacial score (nSPS) is 15.4. The first kappa shape index (κ1) is 17.2. The highest BCUT2D eigenvalue weighted by atomic mass is 16.3. The molecule has 2 aromatic heterocycles. The summed E-state index contributed by atoms with van der Waals surface area (Å²) < 4.78 is 1.58. The number of carbonyl (C=O) groups excluding carboxylic acids is 1. The number of phenolic OH excluding ortho intramolecular Hbond substituents is 1. The minimum Gasteiger partial charge on any atom is -0.506 e. The molecule has 0 spiro atoms. The van der Waals surface area contributed by atoms with Crippen molar-refractivity contribution in [2.24, 2.45) is 7.05 Å². The standard InChI is InChI=1S/C18H20N6O3/c1-22-3-5-24(6-4-22)18(27)13-9-14(23(2)21-13)11-7-12-16(15(25)8-11)19-10-20-17(12)26/h7-10,25H,3-6H2,1-2H3,(H,19,20,26). The monoisotopic (exact) mass is 368 g/mol. The number of hydrogen-bond acceptors (Lipinski definition) is 6. The number of benzene rings is 1. The lowest BCUT2D eigenvalue weighted by Gasteiger charge is -2.31. The Morgan fingerprint density at radius 2 is 1.89 bits per heavy atom. The van der Waals surface area contributed by atoms with Crippen LogP contribution in [0.1, 0.15) is 10.5 Å². The second-order valence-corrected chi connectivity index (χ2v) is 6.76. The Bertz CT molecular complexity index is 1080. The minimum absolute atomic E-state index is 0.0956. The summed E-state index contributed by atoms with van der Waals surface area (Å²) in [5, 5.41) is 14.9. The molecule has 1 saturated heterocycles. The van der Waals surface area contributed by atoms with Gasteiger partial charge in [0, 0.05) is 38.8 Å². The van der Waals surface area contributed by atoms with Crippen molar-refractivity contribution >= 4 is 16.8 Å². The van der Waals surface area contributed by atoms with Gasteiger partial charge in [-0.1, -0.05) is 0 Å². The Kier molecular flexibility index (Phi) is 4.15. The van der Waals surface area contributed by atoms with Crippen LogP contribution in [0.25, 0.3) is 22.2 Å². The number of carbonyl (C=O) groups is 1. The molecule has 1 aromatic carbocycles. The number of aromatic hydroxyl groups is 1. The molecule has 9 heteroatoms. The van der Waals surface area contributed by atoms with E-state index in [1.165, 1.54) is 12.4 Å². The molecular formula is C18H20N6O3. The Balaban J connectivity index is 1.72. The van der Waals surface area contributed by atoms with Gasteiger partial charge < -0.3 is 19.9 Å². The summed E-state index contributed by atoms with van der Waals surface area (Å²) in [4.78, 5) is 35.3. The van der Waals surface area contributed by atoms with Crippen LogP contribution in [0.15, 0.2) is 29.3 Å². The summed E-state index contributed by atoms with van der Waals surface area (Å²) in [6.45, 7) is 3.00. The number of aryl methyl sites for hydroxylation is 1. The molecular weight excluding hydrogens is 348 g/mol. The van der Waals surface area contributed by atoms with Crippen LogP contribution in [0, 0.1) is 0 Å². The molecule has 1 aliphatic rings. The van der Waals surface area contributed by atoms with Gasteiger partial charge in [-0.05, 0) is 25.2 Å². The maximum absolute atomic E-state index is 12.8. The van der Waals surface area contributed by atoms with Crippen LogP contribution in [0.5, 0.6) is 5.75 Å². The van der Waals surface area contributed by atoms with Crippen molar-refractivity contribution in [2.75, 3.05) is 33.2 Å². The molecule has 0 aliphatic carbocycles. The number of nitrogens with one attached hydrogen (secondary N) is 1. The van der Waals surface area contributed by atoms with Crippen LogP contribution in [0.2, 0.25) is 0 Å². The fraction of sp³-hybridized carbons (Fsp3) is 0.333. The Hall–Kier alpha value is -3.20. The third kappa shape index (κ3) is 3.06. The molecule has 1 fully saturated rings. The van der Waals surface area contributed by atoms with Gasteiger partial charge in [0.2, 0.25) is 0 Å². The zero-order chi connectivity index (χ0) is 19.1. The number of likely N-dealkylation sites (N-methyl/N-ethyl adjacent to an activating group) is 1. The van der Waals surface area contributed by atoms with Crippen molar-refractivity contribution in [1.29, 1.82) is 0 Å². The van der Waals surface area contributed by atoms with E-state index < -0.39 is 0 Å². The summed E-state index contributed by atoms with van der Waals surface area (Å²) in [6, 6.07) is 4.85. The van der Waals surface area contributed by atoms with Crippen molar-refractivity contribution in [3.8, 4) is 17.0 Å². The van der Waals surface area contributed by atoms with E-state index in [1.807, 2.05) is 7.05 Å². The SMILES string of the molecule is CN1CCN(C(=O)c2cc(-c3cc(O)c4nc[nH]c(=O)c4c3)n(C)n2)CC1. The third-order valence-corrected chi connectivity index (χ3v) is 4.91. The number of nitrogens with zero attached hydrogens (tertiary/aromatic N) is 5. The van der Waals surface area contributed by atoms with E-state index in [0.717, 1.165) is 13.1 Å². The average molecular weight is 368 g/mol. The fourth-order valence-corrected chi connectivity index (χ4v) is 3.32. The molecule has 9 nitrogen and oxygen atoms in total. The Morgan fingerprint density at radius 1 is 1.15 bits per heavy atom. The van der Waals surface area contributed by atoms with Gasteiger partial charge >= 0.3 is 0 Å². The van der Waals surface area contributed by atoms with Gasteiger partial charge in [0.15, 0.2) is 5.69 Å². The van der Waals surface area contributed by atoms with E-state index in [9.17, 15) is 14.7 Å². The van der Waals surface area contributed by atoms with Gasteiger partial charge in [0.25, 0.3) is 11.5 Å². The lowest BCUT2D eigenvalue weighted by molar-refractivity contribution is 0.0657. The molecule has 0 unspecified atom stereocenters. The molecule has 0 atom stereocenters. The fourth-order valence-electron chi connectivity index (χ4n) is 3.32. The van der Waals surface area contributed by atoms with Crippen LogP contribution in [-0.4, -0.2) is 73.8 Å². The number of H-pyrrole nitrogens is 1. The number of hydrogen-bond donors (Lipinski definition) is 2. The second-order valence-electron chi connectivity index (χ2n) is 6.76. The predicted octanol–water partition coefficient (Wildman–Crippen LogP) is 0.417. The lowest BCUT2D eigenvalue weighted by Crippen LogP contribution is -2.47. The van der Waals surface area contributed by atoms with Crippen LogP contribution >= 0.6 is 0 Å². The van der Waals surface area contributed by atoms with Crippen LogP contribution < -0.4 is 5.56 Å². The van der Waals surface area contributed by atoms with Crippen LogP contribution in [0.4, 0.5) is 0 Å². The summed E-state index contributed by atoms with van der Waals surface area (Å²) in [7, 11) is 3.76. The topological polar surface area (TPSA) is 107 Å². The molecule has 0 bridgehead atoms. The van der Waals surface area contributed by atoms with Gasteiger partial charge in [-0.2, -0.15) is 5.10 Å². The third-order valence-electron chi connectivity index (χ3n) is 4.91. The number of aromatic nitrogens is 4. The number of amides is 1. The predicted molar refractivity (Wildman–Crippen MR) is 99.6 cm³/mol. The van der Waals surface area contributed by atoms with E-state index in [1.54, 1.807) is 28.8 Å². The Morgan fingerprint density at radius 3 is 2.63 bits per heavy atom. The highest BCUT2D eigenvalue weighted by molar-refractivity contribution is 5.94. The van der Waals surface area contributed by atoms with E-state index >= 15 is 0 Å². The Labute approximate surface area is 154 Å². The minimum atomic E-state index is -0.340. The van der Waals surface area contributed by atoms with Gasteiger partial charge in [0.05, 0.1) is 17.4 Å². The molecule has 0 saturated carbocycles. The first-order chi connectivity index (χ1) is 12.9. The zero-order valence-corrected chi connectivity index (χ0v) is 15.1. The van der Waals surface area contributed by atoms with Crippen molar-refractivity contribution in [3.05, 3.63) is 40.6 Å². The number of phenols is 1. The molecule has 1 amide bonds. The summed E-state index contributed by atoms with van der Waals surface area (Å²) in [5.74, 6) is -0.212. The smallest absolute Gasteiger partial charge is 0.274 e. The average Bonchev–Trinajstić information content (AvgIpc) is 3.04. The van der Waals surface area contributed by atoms with Crippen molar-refractivity contribution in [1.82, 2.24) is 29.5 Å². The van der Waals surface area contributed by atoms with Crippen molar-refractivity contribution in [3.63, 3.8) is 0 Å². The molecule has 140 valence electrons.